The van der Waals surface area contributed by atoms with Crippen LogP contribution >= 0.6 is 0 Å². The van der Waals surface area contributed by atoms with Crippen molar-refractivity contribution in [2.45, 2.75) is 6.54 Å². The molecule has 6 heteroatoms. The standard InChI is InChI=1S/C22H24N2O4/c1-26-19-6-2-17(3-7-19)5-9-22(25)24-12-10-23(11-13-24)15-18-4-8-20-21(14-18)28-16-27-20/h2-9,14H,10-13,15-16H2,1H3/b9-5+. The first-order chi connectivity index (χ1) is 13.7. The smallest absolute Gasteiger partial charge is 0.246 e. The Labute approximate surface area is 164 Å². The summed E-state index contributed by atoms with van der Waals surface area (Å²) in [5.41, 5.74) is 2.18. The third kappa shape index (κ3) is 4.28. The molecule has 0 unspecified atom stereocenters. The van der Waals surface area contributed by atoms with Crippen LogP contribution in [-0.4, -0.2) is 55.8 Å². The highest BCUT2D eigenvalue weighted by Crippen LogP contribution is 2.32. The highest BCUT2D eigenvalue weighted by atomic mass is 16.7. The number of hydrogen-bond donors (Lipinski definition) is 0. The molecule has 1 fully saturated rings. The molecular formula is C22H24N2O4. The van der Waals surface area contributed by atoms with Crippen LogP contribution in [0.1, 0.15) is 11.1 Å². The second-order valence-electron chi connectivity index (χ2n) is 6.90. The first-order valence-corrected chi connectivity index (χ1v) is 9.43. The summed E-state index contributed by atoms with van der Waals surface area (Å²) >= 11 is 0. The van der Waals surface area contributed by atoms with E-state index in [9.17, 15) is 4.79 Å². The summed E-state index contributed by atoms with van der Waals surface area (Å²) in [4.78, 5) is 16.7. The van der Waals surface area contributed by atoms with Crippen molar-refractivity contribution in [1.82, 2.24) is 9.80 Å². The number of methoxy groups -OCH3 is 1. The molecule has 2 aliphatic heterocycles. The van der Waals surface area contributed by atoms with Gasteiger partial charge < -0.3 is 19.1 Å². The Hall–Kier alpha value is -2.99. The van der Waals surface area contributed by atoms with Gasteiger partial charge >= 0.3 is 0 Å². The van der Waals surface area contributed by atoms with E-state index < -0.39 is 0 Å². The second-order valence-corrected chi connectivity index (χ2v) is 6.90. The van der Waals surface area contributed by atoms with Gasteiger partial charge in [-0.1, -0.05) is 18.2 Å². The van der Waals surface area contributed by atoms with Crippen molar-refractivity contribution < 1.29 is 19.0 Å². The van der Waals surface area contributed by atoms with Gasteiger partial charge in [-0.15, -0.1) is 0 Å². The number of hydrogen-bond acceptors (Lipinski definition) is 5. The fourth-order valence-corrected chi connectivity index (χ4v) is 3.41. The SMILES string of the molecule is COc1ccc(/C=C/C(=O)N2CCN(Cc3ccc4c(c3)OCO4)CC2)cc1. The zero-order chi connectivity index (χ0) is 19.3. The van der Waals surface area contributed by atoms with Gasteiger partial charge in [-0.2, -0.15) is 0 Å². The van der Waals surface area contributed by atoms with Gasteiger partial charge in [-0.05, 0) is 41.5 Å². The molecule has 6 nitrogen and oxygen atoms in total. The van der Waals surface area contributed by atoms with Crippen LogP contribution in [0.2, 0.25) is 0 Å². The monoisotopic (exact) mass is 380 g/mol. The van der Waals surface area contributed by atoms with Gasteiger partial charge in [0.15, 0.2) is 11.5 Å². The molecule has 2 aromatic carbocycles. The van der Waals surface area contributed by atoms with Gasteiger partial charge in [0.1, 0.15) is 5.75 Å². The minimum Gasteiger partial charge on any atom is -0.497 e. The maximum absolute atomic E-state index is 12.5. The van der Waals surface area contributed by atoms with E-state index in [0.717, 1.165) is 55.5 Å². The van der Waals surface area contributed by atoms with Crippen LogP contribution in [0.5, 0.6) is 17.2 Å². The molecule has 0 saturated carbocycles. The molecule has 0 bridgehead atoms. The lowest BCUT2D eigenvalue weighted by atomic mass is 10.1. The molecule has 2 heterocycles. The number of rotatable bonds is 5. The van der Waals surface area contributed by atoms with Gasteiger partial charge in [0.25, 0.3) is 0 Å². The number of ether oxygens (including phenoxy) is 3. The lowest BCUT2D eigenvalue weighted by Gasteiger charge is -2.34. The largest absolute Gasteiger partial charge is 0.497 e. The summed E-state index contributed by atoms with van der Waals surface area (Å²) < 4.78 is 15.9. The van der Waals surface area contributed by atoms with Gasteiger partial charge in [-0.3, -0.25) is 9.69 Å². The number of fused-ring (bicyclic) bond motifs is 1. The maximum atomic E-state index is 12.5. The van der Waals surface area contributed by atoms with Crippen LogP contribution in [0.25, 0.3) is 6.08 Å². The Kier molecular flexibility index (Phi) is 5.48. The number of piperazine rings is 1. The lowest BCUT2D eigenvalue weighted by Crippen LogP contribution is -2.47. The van der Waals surface area contributed by atoms with Crippen LogP contribution in [0.15, 0.2) is 48.5 Å². The molecule has 28 heavy (non-hydrogen) atoms. The Bertz CT molecular complexity index is 855. The van der Waals surface area contributed by atoms with E-state index in [1.165, 1.54) is 5.56 Å². The van der Waals surface area contributed by atoms with Crippen molar-refractivity contribution in [2.24, 2.45) is 0 Å². The minimum atomic E-state index is 0.0542. The van der Waals surface area contributed by atoms with Crippen LogP contribution < -0.4 is 14.2 Å². The summed E-state index contributed by atoms with van der Waals surface area (Å²) in [5, 5.41) is 0. The Balaban J connectivity index is 1.27. The van der Waals surface area contributed by atoms with Crippen LogP contribution in [0, 0.1) is 0 Å². The molecule has 146 valence electrons. The number of carbonyl (C=O) groups excluding carboxylic acids is 1. The van der Waals surface area contributed by atoms with Crippen molar-refractivity contribution in [3.8, 4) is 17.2 Å². The summed E-state index contributed by atoms with van der Waals surface area (Å²) in [6.45, 7) is 4.32. The van der Waals surface area contributed by atoms with Gasteiger partial charge in [0, 0.05) is 38.8 Å². The molecule has 2 aromatic rings. The fraction of sp³-hybridized carbons (Fsp3) is 0.318. The molecule has 0 aromatic heterocycles. The van der Waals surface area contributed by atoms with Crippen molar-refractivity contribution in [1.29, 1.82) is 0 Å². The third-order valence-electron chi connectivity index (χ3n) is 5.06. The molecule has 1 saturated heterocycles. The molecular weight excluding hydrogens is 356 g/mol. The number of nitrogens with zero attached hydrogens (tertiary/aromatic N) is 2. The third-order valence-corrected chi connectivity index (χ3v) is 5.06. The van der Waals surface area contributed by atoms with E-state index in [1.54, 1.807) is 13.2 Å². The van der Waals surface area contributed by atoms with Crippen molar-refractivity contribution in [2.75, 3.05) is 40.1 Å². The predicted octanol–water partition coefficient (Wildman–Crippen LogP) is 2.78. The summed E-state index contributed by atoms with van der Waals surface area (Å²) in [5.74, 6) is 2.48. The van der Waals surface area contributed by atoms with Crippen LogP contribution in [-0.2, 0) is 11.3 Å². The first kappa shape index (κ1) is 18.4. The predicted molar refractivity (Wildman–Crippen MR) is 106 cm³/mol. The van der Waals surface area contributed by atoms with Crippen LogP contribution in [0.4, 0.5) is 0 Å². The highest BCUT2D eigenvalue weighted by molar-refractivity contribution is 5.91. The van der Waals surface area contributed by atoms with Crippen molar-refractivity contribution >= 4 is 12.0 Å². The Morgan fingerprint density at radius 3 is 2.54 bits per heavy atom. The summed E-state index contributed by atoms with van der Waals surface area (Å²) in [6.07, 6.45) is 3.50. The normalized spacial score (nSPS) is 16.5. The summed E-state index contributed by atoms with van der Waals surface area (Å²) in [7, 11) is 1.64. The zero-order valence-corrected chi connectivity index (χ0v) is 16.0. The topological polar surface area (TPSA) is 51.2 Å². The molecule has 0 atom stereocenters. The first-order valence-electron chi connectivity index (χ1n) is 9.43. The number of amides is 1. The van der Waals surface area contributed by atoms with Gasteiger partial charge in [0.2, 0.25) is 12.7 Å². The highest BCUT2D eigenvalue weighted by Gasteiger charge is 2.20. The number of benzene rings is 2. The minimum absolute atomic E-state index is 0.0542. The van der Waals surface area contributed by atoms with E-state index in [-0.39, 0.29) is 5.91 Å². The Morgan fingerprint density at radius 1 is 1.04 bits per heavy atom. The fourth-order valence-electron chi connectivity index (χ4n) is 3.41. The average Bonchev–Trinajstić information content (AvgIpc) is 3.21. The Morgan fingerprint density at radius 2 is 1.79 bits per heavy atom. The molecule has 2 aliphatic rings. The molecule has 0 spiro atoms. The zero-order valence-electron chi connectivity index (χ0n) is 16.0. The van der Waals surface area contributed by atoms with E-state index in [0.29, 0.717) is 6.79 Å². The molecule has 0 radical (unpaired) electrons. The van der Waals surface area contributed by atoms with Gasteiger partial charge in [-0.25, -0.2) is 0 Å². The van der Waals surface area contributed by atoms with Crippen LogP contribution in [0.3, 0.4) is 0 Å². The lowest BCUT2D eigenvalue weighted by molar-refractivity contribution is -0.127. The second kappa shape index (κ2) is 8.35. The van der Waals surface area contributed by atoms with E-state index in [4.69, 9.17) is 14.2 Å². The average molecular weight is 380 g/mol. The molecule has 0 N–H and O–H groups in total. The van der Waals surface area contributed by atoms with Crippen molar-refractivity contribution in [3.63, 3.8) is 0 Å². The summed E-state index contributed by atoms with van der Waals surface area (Å²) in [6, 6.07) is 13.7. The molecule has 0 aliphatic carbocycles. The maximum Gasteiger partial charge on any atom is 0.246 e. The molecule has 1 amide bonds. The quantitative estimate of drug-likeness (QED) is 0.747. The van der Waals surface area contributed by atoms with E-state index in [1.807, 2.05) is 47.4 Å². The van der Waals surface area contributed by atoms with Crippen molar-refractivity contribution in [3.05, 3.63) is 59.7 Å². The molecule has 4 rings (SSSR count). The van der Waals surface area contributed by atoms with E-state index >= 15 is 0 Å². The number of carbonyl (C=O) groups is 1. The van der Waals surface area contributed by atoms with E-state index in [2.05, 4.69) is 11.0 Å². The van der Waals surface area contributed by atoms with Gasteiger partial charge in [0.05, 0.1) is 7.11 Å².